The number of hydrogen-bond acceptors (Lipinski definition) is 3. The van der Waals surface area contributed by atoms with Crippen LogP contribution in [0.1, 0.15) is 37.9 Å². The van der Waals surface area contributed by atoms with Crippen LogP contribution in [0.15, 0.2) is 60.7 Å². The lowest BCUT2D eigenvalue weighted by Gasteiger charge is -2.15. The van der Waals surface area contributed by atoms with Gasteiger partial charge in [0.15, 0.2) is 0 Å². The quantitative estimate of drug-likeness (QED) is 0.629. The molecule has 2 N–H and O–H groups in total. The van der Waals surface area contributed by atoms with Gasteiger partial charge in [0, 0.05) is 10.6 Å². The van der Waals surface area contributed by atoms with Gasteiger partial charge in [-0.15, -0.1) is 11.3 Å². The van der Waals surface area contributed by atoms with E-state index in [9.17, 15) is 9.59 Å². The fourth-order valence-corrected chi connectivity index (χ4v) is 3.59. The molecule has 0 radical (unpaired) electrons. The Kier molecular flexibility index (Phi) is 5.40. The Labute approximate surface area is 160 Å². The van der Waals surface area contributed by atoms with Gasteiger partial charge in [0.1, 0.15) is 4.88 Å². The summed E-state index contributed by atoms with van der Waals surface area (Å²) in [5.41, 5.74) is 2.84. The van der Waals surface area contributed by atoms with Gasteiger partial charge < -0.3 is 10.4 Å². The Bertz CT molecular complexity index is 967. The van der Waals surface area contributed by atoms with E-state index in [2.05, 4.69) is 5.32 Å². The standard InChI is InChI=1S/C20H16ClNO3S/c1-12(22-19(23)17-9-10-18(26-17)20(24)25)13-5-4-6-14(11-13)15-7-2-3-8-16(15)21/h2-12H,1H3,(H,22,23)(H,24,25). The number of carbonyl (C=O) groups is 2. The molecule has 1 unspecified atom stereocenters. The van der Waals surface area contributed by atoms with Crippen molar-refractivity contribution in [2.24, 2.45) is 0 Å². The van der Waals surface area contributed by atoms with Crippen LogP contribution in [0.2, 0.25) is 5.02 Å². The number of carboxylic acid groups (broad SMARTS) is 1. The molecule has 0 aliphatic carbocycles. The van der Waals surface area contributed by atoms with E-state index in [1.807, 2.05) is 55.5 Å². The molecule has 0 saturated carbocycles. The average Bonchev–Trinajstić information content (AvgIpc) is 3.13. The molecule has 0 saturated heterocycles. The van der Waals surface area contributed by atoms with E-state index in [4.69, 9.17) is 16.7 Å². The van der Waals surface area contributed by atoms with Gasteiger partial charge in [0.25, 0.3) is 5.91 Å². The minimum Gasteiger partial charge on any atom is -0.477 e. The lowest BCUT2D eigenvalue weighted by Crippen LogP contribution is -2.25. The molecule has 3 aromatic rings. The van der Waals surface area contributed by atoms with Crippen LogP contribution in [0.3, 0.4) is 0 Å². The Morgan fingerprint density at radius 1 is 1.04 bits per heavy atom. The summed E-state index contributed by atoms with van der Waals surface area (Å²) in [6, 6.07) is 18.1. The second-order valence-electron chi connectivity index (χ2n) is 5.77. The van der Waals surface area contributed by atoms with Crippen molar-refractivity contribution < 1.29 is 14.7 Å². The number of thiophene rings is 1. The van der Waals surface area contributed by atoms with Crippen LogP contribution in [0.4, 0.5) is 0 Å². The van der Waals surface area contributed by atoms with Crippen molar-refractivity contribution in [3.05, 3.63) is 81.0 Å². The van der Waals surface area contributed by atoms with E-state index >= 15 is 0 Å². The number of amides is 1. The molecule has 3 rings (SSSR count). The van der Waals surface area contributed by atoms with Crippen LogP contribution < -0.4 is 5.32 Å². The predicted octanol–water partition coefficient (Wildman–Crippen LogP) is 5.26. The monoisotopic (exact) mass is 385 g/mol. The second-order valence-corrected chi connectivity index (χ2v) is 7.26. The maximum absolute atomic E-state index is 12.4. The van der Waals surface area contributed by atoms with Crippen molar-refractivity contribution in [1.82, 2.24) is 5.32 Å². The van der Waals surface area contributed by atoms with Gasteiger partial charge in [-0.1, -0.05) is 48.0 Å². The lowest BCUT2D eigenvalue weighted by atomic mass is 10.00. The SMILES string of the molecule is CC(NC(=O)c1ccc(C(=O)O)s1)c1cccc(-c2ccccc2Cl)c1. The minimum atomic E-state index is -1.03. The zero-order valence-corrected chi connectivity index (χ0v) is 15.5. The molecule has 0 fully saturated rings. The Morgan fingerprint density at radius 2 is 1.77 bits per heavy atom. The molecule has 0 spiro atoms. The number of carbonyl (C=O) groups excluding carboxylic acids is 1. The van der Waals surface area contributed by atoms with Crippen molar-refractivity contribution in [3.63, 3.8) is 0 Å². The van der Waals surface area contributed by atoms with E-state index in [0.717, 1.165) is 28.0 Å². The normalized spacial score (nSPS) is 11.8. The van der Waals surface area contributed by atoms with E-state index in [-0.39, 0.29) is 16.8 Å². The molecule has 0 bridgehead atoms. The molecular weight excluding hydrogens is 370 g/mol. The summed E-state index contributed by atoms with van der Waals surface area (Å²) in [6.45, 7) is 1.88. The molecule has 6 heteroatoms. The van der Waals surface area contributed by atoms with Crippen LogP contribution in [0.25, 0.3) is 11.1 Å². The van der Waals surface area contributed by atoms with E-state index in [1.54, 1.807) is 0 Å². The van der Waals surface area contributed by atoms with Crippen molar-refractivity contribution >= 4 is 34.8 Å². The Balaban J connectivity index is 1.78. The second kappa shape index (κ2) is 7.72. The molecule has 1 amide bonds. The molecule has 132 valence electrons. The number of hydrogen-bond donors (Lipinski definition) is 2. The highest BCUT2D eigenvalue weighted by Crippen LogP contribution is 2.29. The van der Waals surface area contributed by atoms with Gasteiger partial charge in [-0.2, -0.15) is 0 Å². The zero-order chi connectivity index (χ0) is 18.7. The number of aromatic carboxylic acids is 1. The topological polar surface area (TPSA) is 66.4 Å². The van der Waals surface area contributed by atoms with Gasteiger partial charge in [0.2, 0.25) is 0 Å². The van der Waals surface area contributed by atoms with Gasteiger partial charge in [0.05, 0.1) is 10.9 Å². The summed E-state index contributed by atoms with van der Waals surface area (Å²) in [5, 5.41) is 12.5. The van der Waals surface area contributed by atoms with Crippen LogP contribution >= 0.6 is 22.9 Å². The fraction of sp³-hybridized carbons (Fsp3) is 0.100. The van der Waals surface area contributed by atoms with Crippen molar-refractivity contribution in [1.29, 1.82) is 0 Å². The van der Waals surface area contributed by atoms with Gasteiger partial charge in [-0.3, -0.25) is 4.79 Å². The summed E-state index contributed by atoms with van der Waals surface area (Å²) in [5.74, 6) is -1.33. The third kappa shape index (κ3) is 3.95. The van der Waals surface area contributed by atoms with Crippen LogP contribution in [-0.2, 0) is 0 Å². The number of nitrogens with one attached hydrogen (secondary N) is 1. The van der Waals surface area contributed by atoms with Crippen LogP contribution in [0.5, 0.6) is 0 Å². The fourth-order valence-electron chi connectivity index (χ4n) is 2.60. The lowest BCUT2D eigenvalue weighted by molar-refractivity contribution is 0.0702. The number of benzene rings is 2. The van der Waals surface area contributed by atoms with E-state index in [0.29, 0.717) is 9.90 Å². The van der Waals surface area contributed by atoms with Crippen LogP contribution in [0, 0.1) is 0 Å². The summed E-state index contributed by atoms with van der Waals surface area (Å²) < 4.78 is 0. The highest BCUT2D eigenvalue weighted by Gasteiger charge is 2.16. The molecule has 1 aromatic heterocycles. The molecule has 1 heterocycles. The van der Waals surface area contributed by atoms with Crippen molar-refractivity contribution in [2.45, 2.75) is 13.0 Å². The van der Waals surface area contributed by atoms with Gasteiger partial charge in [-0.05, 0) is 42.3 Å². The van der Waals surface area contributed by atoms with E-state index in [1.165, 1.54) is 12.1 Å². The third-order valence-electron chi connectivity index (χ3n) is 3.96. The Morgan fingerprint density at radius 3 is 2.46 bits per heavy atom. The summed E-state index contributed by atoms with van der Waals surface area (Å²) >= 11 is 7.23. The first-order valence-corrected chi connectivity index (χ1v) is 9.14. The number of rotatable bonds is 5. The summed E-state index contributed by atoms with van der Waals surface area (Å²) in [6.07, 6.45) is 0. The predicted molar refractivity (Wildman–Crippen MR) is 104 cm³/mol. The van der Waals surface area contributed by atoms with Gasteiger partial charge in [-0.25, -0.2) is 4.79 Å². The molecular formula is C20H16ClNO3S. The molecule has 26 heavy (non-hydrogen) atoms. The smallest absolute Gasteiger partial charge is 0.345 e. The maximum atomic E-state index is 12.4. The van der Waals surface area contributed by atoms with Crippen LogP contribution in [-0.4, -0.2) is 17.0 Å². The van der Waals surface area contributed by atoms with Crippen molar-refractivity contribution in [2.75, 3.05) is 0 Å². The highest BCUT2D eigenvalue weighted by atomic mass is 35.5. The molecule has 0 aliphatic heterocycles. The first-order valence-electron chi connectivity index (χ1n) is 7.94. The average molecular weight is 386 g/mol. The number of carboxylic acids is 1. The first kappa shape index (κ1) is 18.2. The van der Waals surface area contributed by atoms with Gasteiger partial charge >= 0.3 is 5.97 Å². The minimum absolute atomic E-state index is 0.142. The zero-order valence-electron chi connectivity index (χ0n) is 13.9. The summed E-state index contributed by atoms with van der Waals surface area (Å²) in [7, 11) is 0. The highest BCUT2D eigenvalue weighted by molar-refractivity contribution is 7.15. The first-order chi connectivity index (χ1) is 12.5. The molecule has 2 aromatic carbocycles. The summed E-state index contributed by atoms with van der Waals surface area (Å²) in [4.78, 5) is 23.8. The molecule has 0 aliphatic rings. The third-order valence-corrected chi connectivity index (χ3v) is 5.36. The Hall–Kier alpha value is -2.63. The number of halogens is 1. The van der Waals surface area contributed by atoms with E-state index < -0.39 is 5.97 Å². The molecule has 1 atom stereocenters. The molecule has 4 nitrogen and oxygen atoms in total. The van der Waals surface area contributed by atoms with Crippen molar-refractivity contribution in [3.8, 4) is 11.1 Å². The maximum Gasteiger partial charge on any atom is 0.345 e. The largest absolute Gasteiger partial charge is 0.477 e.